The molecule has 0 spiro atoms. The fourth-order valence-electron chi connectivity index (χ4n) is 2.85. The lowest BCUT2D eigenvalue weighted by Gasteiger charge is -2.13. The number of carbonyl (C=O) groups is 1. The number of pyridine rings is 1. The van der Waals surface area contributed by atoms with Crippen molar-refractivity contribution in [3.8, 4) is 22.7 Å². The molecule has 0 unspecified atom stereocenters. The van der Waals surface area contributed by atoms with Gasteiger partial charge in [-0.1, -0.05) is 23.2 Å². The summed E-state index contributed by atoms with van der Waals surface area (Å²) in [5.74, 6) is -1.55. The van der Waals surface area contributed by atoms with Crippen molar-refractivity contribution in [2.45, 2.75) is 0 Å². The van der Waals surface area contributed by atoms with E-state index >= 15 is 0 Å². The monoisotopic (exact) mass is 399 g/mol. The van der Waals surface area contributed by atoms with Crippen LogP contribution < -0.4 is 0 Å². The van der Waals surface area contributed by atoms with Crippen LogP contribution in [0.1, 0.15) is 10.4 Å². The molecule has 4 rings (SSSR count). The average Bonchev–Trinajstić information content (AvgIpc) is 3.19. The first-order valence-corrected chi connectivity index (χ1v) is 8.55. The molecule has 0 aliphatic carbocycles. The highest BCUT2D eigenvalue weighted by atomic mass is 35.5. The molecule has 0 radical (unpaired) electrons. The maximum atomic E-state index is 11.3. The van der Waals surface area contributed by atoms with Crippen molar-refractivity contribution in [3.63, 3.8) is 0 Å². The predicted molar refractivity (Wildman–Crippen MR) is 103 cm³/mol. The zero-order valence-corrected chi connectivity index (χ0v) is 15.1. The molecule has 6 nitrogen and oxygen atoms in total. The Labute approximate surface area is 163 Å². The zero-order valence-electron chi connectivity index (χ0n) is 13.6. The van der Waals surface area contributed by atoms with E-state index in [0.29, 0.717) is 26.8 Å². The number of aromatic hydroxyl groups is 1. The summed E-state index contributed by atoms with van der Waals surface area (Å²) in [6, 6.07) is 9.58. The van der Waals surface area contributed by atoms with Crippen LogP contribution in [0.2, 0.25) is 10.0 Å². The summed E-state index contributed by atoms with van der Waals surface area (Å²) in [5, 5.41) is 20.5. The maximum Gasteiger partial charge on any atom is 0.339 e. The number of rotatable bonds is 3. The molecule has 0 aliphatic heterocycles. The molecule has 0 bridgehead atoms. The Bertz CT molecular complexity index is 1190. The molecule has 0 fully saturated rings. The van der Waals surface area contributed by atoms with E-state index in [4.69, 9.17) is 23.2 Å². The molecule has 0 saturated heterocycles. The van der Waals surface area contributed by atoms with Crippen molar-refractivity contribution < 1.29 is 15.0 Å². The number of hydrogen-bond donors (Lipinski definition) is 2. The van der Waals surface area contributed by atoms with Crippen LogP contribution in [0.25, 0.3) is 27.8 Å². The van der Waals surface area contributed by atoms with Crippen molar-refractivity contribution >= 4 is 40.1 Å². The fourth-order valence-corrected chi connectivity index (χ4v) is 3.21. The number of carboxylic acid groups (broad SMARTS) is 1. The highest BCUT2D eigenvalue weighted by Gasteiger charge is 2.16. The van der Waals surface area contributed by atoms with Crippen LogP contribution in [0.5, 0.6) is 5.75 Å². The minimum absolute atomic E-state index is 0.212. The quantitative estimate of drug-likeness (QED) is 0.516. The lowest BCUT2D eigenvalue weighted by atomic mass is 10.0. The Morgan fingerprint density at radius 3 is 2.63 bits per heavy atom. The first kappa shape index (κ1) is 17.3. The largest absolute Gasteiger partial charge is 0.507 e. The zero-order chi connectivity index (χ0) is 19.1. The predicted octanol–water partition coefficient (Wildman–Crippen LogP) is 4.80. The Morgan fingerprint density at radius 1 is 1.11 bits per heavy atom. The van der Waals surface area contributed by atoms with Crippen LogP contribution in [0.4, 0.5) is 0 Å². The van der Waals surface area contributed by atoms with Gasteiger partial charge < -0.3 is 14.8 Å². The molecule has 2 aromatic heterocycles. The van der Waals surface area contributed by atoms with Gasteiger partial charge in [0.2, 0.25) is 0 Å². The Hall–Kier alpha value is -3.09. The van der Waals surface area contributed by atoms with Crippen molar-refractivity contribution in [1.82, 2.24) is 14.5 Å². The van der Waals surface area contributed by atoms with E-state index in [2.05, 4.69) is 9.97 Å². The molecule has 134 valence electrons. The lowest BCUT2D eigenvalue weighted by Crippen LogP contribution is -1.99. The molecule has 27 heavy (non-hydrogen) atoms. The van der Waals surface area contributed by atoms with Gasteiger partial charge in [-0.25, -0.2) is 14.8 Å². The summed E-state index contributed by atoms with van der Waals surface area (Å²) < 4.78 is 1.80. The van der Waals surface area contributed by atoms with E-state index in [1.165, 1.54) is 12.1 Å². The highest BCUT2D eigenvalue weighted by molar-refractivity contribution is 6.45. The van der Waals surface area contributed by atoms with Gasteiger partial charge in [-0.3, -0.25) is 0 Å². The van der Waals surface area contributed by atoms with E-state index in [0.717, 1.165) is 11.1 Å². The highest BCUT2D eigenvalue weighted by Crippen LogP contribution is 2.35. The SMILES string of the molecule is O=C(O)c1cc(-c2cc(-n3ccnc3)c3ccc(Cl)c(Cl)c3n2)ccc1O. The number of fused-ring (bicyclic) bond motifs is 1. The normalized spacial score (nSPS) is 11.0. The topological polar surface area (TPSA) is 88.2 Å². The van der Waals surface area contributed by atoms with Gasteiger partial charge in [0.25, 0.3) is 0 Å². The summed E-state index contributed by atoms with van der Waals surface area (Å²) in [5.41, 5.74) is 2.03. The van der Waals surface area contributed by atoms with Crippen molar-refractivity contribution in [3.05, 3.63) is 70.7 Å². The summed E-state index contributed by atoms with van der Waals surface area (Å²) in [4.78, 5) is 20.0. The van der Waals surface area contributed by atoms with Gasteiger partial charge in [0.15, 0.2) is 0 Å². The van der Waals surface area contributed by atoms with Gasteiger partial charge in [-0.15, -0.1) is 0 Å². The minimum Gasteiger partial charge on any atom is -0.507 e. The van der Waals surface area contributed by atoms with Gasteiger partial charge >= 0.3 is 5.97 Å². The summed E-state index contributed by atoms with van der Waals surface area (Å²) >= 11 is 12.5. The van der Waals surface area contributed by atoms with Gasteiger partial charge in [-0.2, -0.15) is 0 Å². The van der Waals surface area contributed by atoms with E-state index in [1.807, 2.05) is 6.07 Å². The third-order valence-corrected chi connectivity index (χ3v) is 4.95. The number of carboxylic acids is 1. The van der Waals surface area contributed by atoms with E-state index < -0.39 is 5.97 Å². The van der Waals surface area contributed by atoms with Crippen LogP contribution in [-0.4, -0.2) is 30.7 Å². The molecule has 0 amide bonds. The number of aromatic carboxylic acids is 1. The minimum atomic E-state index is -1.23. The molecule has 0 aliphatic rings. The van der Waals surface area contributed by atoms with E-state index in [-0.39, 0.29) is 11.3 Å². The number of phenols is 1. The molecule has 2 N–H and O–H groups in total. The van der Waals surface area contributed by atoms with Crippen LogP contribution >= 0.6 is 23.2 Å². The van der Waals surface area contributed by atoms with Crippen molar-refractivity contribution in [2.24, 2.45) is 0 Å². The van der Waals surface area contributed by atoms with Crippen molar-refractivity contribution in [1.29, 1.82) is 0 Å². The third kappa shape index (κ3) is 2.99. The lowest BCUT2D eigenvalue weighted by molar-refractivity contribution is 0.0694. The number of nitrogens with zero attached hydrogens (tertiary/aromatic N) is 3. The smallest absolute Gasteiger partial charge is 0.339 e. The van der Waals surface area contributed by atoms with Gasteiger partial charge in [0, 0.05) is 23.3 Å². The third-order valence-electron chi connectivity index (χ3n) is 4.16. The second kappa shape index (κ2) is 6.57. The molecule has 8 heteroatoms. The second-order valence-corrected chi connectivity index (χ2v) is 6.58. The summed E-state index contributed by atoms with van der Waals surface area (Å²) in [7, 11) is 0. The Kier molecular flexibility index (Phi) is 4.22. The van der Waals surface area contributed by atoms with Gasteiger partial charge in [0.05, 0.1) is 33.3 Å². The number of imidazole rings is 1. The van der Waals surface area contributed by atoms with Gasteiger partial charge in [-0.05, 0) is 36.4 Å². The van der Waals surface area contributed by atoms with Gasteiger partial charge in [0.1, 0.15) is 11.3 Å². The molecule has 0 atom stereocenters. The second-order valence-electron chi connectivity index (χ2n) is 5.79. The van der Waals surface area contributed by atoms with E-state index in [9.17, 15) is 15.0 Å². The number of hydrogen-bond acceptors (Lipinski definition) is 4. The van der Waals surface area contributed by atoms with Crippen LogP contribution in [0.3, 0.4) is 0 Å². The molecular weight excluding hydrogens is 389 g/mol. The summed E-state index contributed by atoms with van der Waals surface area (Å²) in [6.45, 7) is 0. The number of aromatic nitrogens is 3. The molecule has 2 aromatic carbocycles. The standard InChI is InChI=1S/C19H11Cl2N3O3/c20-13-3-2-11-15(24-6-5-22-9-24)8-14(23-18(11)17(13)21)10-1-4-16(25)12(7-10)19(26)27/h1-9,25H,(H,26,27). The Balaban J connectivity index is 2.04. The maximum absolute atomic E-state index is 11.3. The Morgan fingerprint density at radius 2 is 1.93 bits per heavy atom. The first-order chi connectivity index (χ1) is 13.0. The molecule has 4 aromatic rings. The van der Waals surface area contributed by atoms with E-state index in [1.54, 1.807) is 41.5 Å². The molecule has 2 heterocycles. The van der Waals surface area contributed by atoms with Crippen molar-refractivity contribution in [2.75, 3.05) is 0 Å². The van der Waals surface area contributed by atoms with Crippen LogP contribution in [0.15, 0.2) is 55.1 Å². The molecule has 0 saturated carbocycles. The molecular formula is C19H11Cl2N3O3. The first-order valence-electron chi connectivity index (χ1n) is 7.79. The fraction of sp³-hybridized carbons (Fsp3) is 0. The number of halogens is 2. The summed E-state index contributed by atoms with van der Waals surface area (Å²) in [6.07, 6.45) is 5.06. The van der Waals surface area contributed by atoms with Crippen LogP contribution in [-0.2, 0) is 0 Å². The number of benzene rings is 2. The average molecular weight is 400 g/mol. The van der Waals surface area contributed by atoms with Crippen LogP contribution in [0, 0.1) is 0 Å².